The Balaban J connectivity index is 1.29. The zero-order valence-electron chi connectivity index (χ0n) is 15.8. The van der Waals surface area contributed by atoms with Gasteiger partial charge in [-0.1, -0.05) is 48.2 Å². The smallest absolute Gasteiger partial charge is 0.258 e. The lowest BCUT2D eigenvalue weighted by Gasteiger charge is -2.24. The fourth-order valence-electron chi connectivity index (χ4n) is 3.43. The van der Waals surface area contributed by atoms with Crippen LogP contribution in [-0.4, -0.2) is 34.5 Å². The van der Waals surface area contributed by atoms with Crippen LogP contribution in [0.25, 0.3) is 10.9 Å². The summed E-state index contributed by atoms with van der Waals surface area (Å²) in [7, 11) is 0. The second kappa shape index (κ2) is 8.69. The molecule has 1 aliphatic rings. The Kier molecular flexibility index (Phi) is 5.65. The molecular formula is C24H23N3O. The maximum absolute atomic E-state index is 12.1. The molecule has 4 rings (SSSR count). The van der Waals surface area contributed by atoms with Gasteiger partial charge < -0.3 is 4.98 Å². The molecule has 28 heavy (non-hydrogen) atoms. The number of benzene rings is 2. The average Bonchev–Trinajstić information content (AvgIpc) is 2.74. The first kappa shape index (κ1) is 18.2. The lowest BCUT2D eigenvalue weighted by molar-refractivity contribution is 0.291. The molecular weight excluding hydrogens is 346 g/mol. The standard InChI is InChI=1S/C24H23N3O/c28-24-21-9-4-5-10-22(21)25-23(26-24)11-6-16-27-17-14-20(15-18-27)13-12-19-7-2-1-3-8-19/h1-5,7-10,14H,6,11,15-18H2,(H,25,26,28). The number of hydrogen-bond acceptors (Lipinski definition) is 3. The van der Waals surface area contributed by atoms with E-state index < -0.39 is 0 Å². The van der Waals surface area contributed by atoms with Crippen LogP contribution in [0.3, 0.4) is 0 Å². The third-order valence-corrected chi connectivity index (χ3v) is 4.98. The molecule has 0 fully saturated rings. The molecule has 0 saturated heterocycles. The van der Waals surface area contributed by atoms with Crippen molar-refractivity contribution in [2.45, 2.75) is 19.3 Å². The van der Waals surface area contributed by atoms with Crippen LogP contribution in [0.2, 0.25) is 0 Å². The summed E-state index contributed by atoms with van der Waals surface area (Å²) >= 11 is 0. The van der Waals surface area contributed by atoms with E-state index in [1.165, 1.54) is 5.57 Å². The van der Waals surface area contributed by atoms with Gasteiger partial charge in [0.1, 0.15) is 5.82 Å². The number of fused-ring (bicyclic) bond motifs is 1. The fourth-order valence-corrected chi connectivity index (χ4v) is 3.43. The van der Waals surface area contributed by atoms with E-state index >= 15 is 0 Å². The van der Waals surface area contributed by atoms with Crippen molar-refractivity contribution >= 4 is 10.9 Å². The zero-order valence-corrected chi connectivity index (χ0v) is 15.8. The second-order valence-corrected chi connectivity index (χ2v) is 7.03. The SMILES string of the molecule is O=c1[nH]c(CCCN2CC=C(C#Cc3ccccc3)CC2)nc2ccccc12. The number of nitrogens with zero attached hydrogens (tertiary/aromatic N) is 2. The van der Waals surface area contributed by atoms with Gasteiger partial charge in [-0.2, -0.15) is 0 Å². The number of para-hydroxylation sites is 1. The van der Waals surface area contributed by atoms with E-state index in [9.17, 15) is 4.79 Å². The van der Waals surface area contributed by atoms with Crippen LogP contribution in [0.15, 0.2) is 71.0 Å². The number of aromatic nitrogens is 2. The molecule has 2 aromatic carbocycles. The minimum Gasteiger partial charge on any atom is -0.310 e. The molecule has 0 amide bonds. The number of aryl methyl sites for hydroxylation is 1. The summed E-state index contributed by atoms with van der Waals surface area (Å²) in [5.41, 5.74) is 3.00. The highest BCUT2D eigenvalue weighted by Gasteiger charge is 2.11. The minimum atomic E-state index is -0.0526. The average molecular weight is 369 g/mol. The quantitative estimate of drug-likeness (QED) is 0.716. The first-order valence-electron chi connectivity index (χ1n) is 9.74. The zero-order chi connectivity index (χ0) is 19.2. The normalized spacial score (nSPS) is 14.4. The van der Waals surface area contributed by atoms with Gasteiger partial charge >= 0.3 is 0 Å². The summed E-state index contributed by atoms with van der Waals surface area (Å²) in [4.78, 5) is 22.1. The summed E-state index contributed by atoms with van der Waals surface area (Å²) in [6, 6.07) is 17.6. The first-order chi connectivity index (χ1) is 13.8. The monoisotopic (exact) mass is 369 g/mol. The molecule has 1 N–H and O–H groups in total. The maximum Gasteiger partial charge on any atom is 0.258 e. The summed E-state index contributed by atoms with van der Waals surface area (Å²) in [6.07, 6.45) is 4.97. The van der Waals surface area contributed by atoms with E-state index in [-0.39, 0.29) is 5.56 Å². The highest BCUT2D eigenvalue weighted by Crippen LogP contribution is 2.12. The van der Waals surface area contributed by atoms with Gasteiger partial charge in [-0.15, -0.1) is 0 Å². The van der Waals surface area contributed by atoms with Crippen LogP contribution in [0, 0.1) is 11.8 Å². The molecule has 4 heteroatoms. The van der Waals surface area contributed by atoms with Crippen LogP contribution >= 0.6 is 0 Å². The largest absolute Gasteiger partial charge is 0.310 e. The Bertz CT molecular complexity index is 1100. The summed E-state index contributed by atoms with van der Waals surface area (Å²) in [6.45, 7) is 2.95. The molecule has 4 nitrogen and oxygen atoms in total. The molecule has 1 aliphatic heterocycles. The van der Waals surface area contributed by atoms with Crippen molar-refractivity contribution in [1.29, 1.82) is 0 Å². The molecule has 1 aromatic heterocycles. The Labute approximate surface area is 164 Å². The predicted octanol–water partition coefficient (Wildman–Crippen LogP) is 3.54. The lowest BCUT2D eigenvalue weighted by Crippen LogP contribution is -2.30. The van der Waals surface area contributed by atoms with Crippen LogP contribution in [0.4, 0.5) is 0 Å². The van der Waals surface area contributed by atoms with Crippen LogP contribution in [0.5, 0.6) is 0 Å². The number of hydrogen-bond donors (Lipinski definition) is 1. The number of nitrogens with one attached hydrogen (secondary N) is 1. The van der Waals surface area contributed by atoms with Crippen molar-refractivity contribution in [3.63, 3.8) is 0 Å². The van der Waals surface area contributed by atoms with Crippen molar-refractivity contribution in [3.8, 4) is 11.8 Å². The van der Waals surface area contributed by atoms with E-state index in [2.05, 4.69) is 32.8 Å². The third-order valence-electron chi connectivity index (χ3n) is 4.98. The minimum absolute atomic E-state index is 0.0526. The van der Waals surface area contributed by atoms with Crippen molar-refractivity contribution in [3.05, 3.63) is 88.0 Å². The molecule has 0 aliphatic carbocycles. The van der Waals surface area contributed by atoms with E-state index in [0.29, 0.717) is 5.39 Å². The van der Waals surface area contributed by atoms with Crippen molar-refractivity contribution < 1.29 is 0 Å². The first-order valence-corrected chi connectivity index (χ1v) is 9.74. The van der Waals surface area contributed by atoms with Crippen molar-refractivity contribution in [1.82, 2.24) is 14.9 Å². The highest BCUT2D eigenvalue weighted by atomic mass is 16.1. The Morgan fingerprint density at radius 1 is 1.04 bits per heavy atom. The Hall–Kier alpha value is -3.16. The van der Waals surface area contributed by atoms with Crippen LogP contribution in [0.1, 0.15) is 24.2 Å². The van der Waals surface area contributed by atoms with Crippen LogP contribution in [-0.2, 0) is 6.42 Å². The molecule has 0 spiro atoms. The van der Waals surface area contributed by atoms with E-state index in [0.717, 1.165) is 55.8 Å². The lowest BCUT2D eigenvalue weighted by atomic mass is 10.1. The topological polar surface area (TPSA) is 49.0 Å². The van der Waals surface area contributed by atoms with Gasteiger partial charge in [0.15, 0.2) is 0 Å². The molecule has 0 bridgehead atoms. The molecule has 0 saturated carbocycles. The van der Waals surface area contributed by atoms with E-state index in [1.54, 1.807) is 0 Å². The van der Waals surface area contributed by atoms with E-state index in [4.69, 9.17) is 0 Å². The van der Waals surface area contributed by atoms with Gasteiger partial charge in [0.05, 0.1) is 10.9 Å². The molecule has 3 aromatic rings. The molecule has 0 unspecified atom stereocenters. The highest BCUT2D eigenvalue weighted by molar-refractivity contribution is 5.77. The van der Waals surface area contributed by atoms with Gasteiger partial charge in [-0.25, -0.2) is 4.98 Å². The van der Waals surface area contributed by atoms with Gasteiger partial charge in [0, 0.05) is 30.6 Å². The maximum atomic E-state index is 12.1. The molecule has 140 valence electrons. The van der Waals surface area contributed by atoms with Gasteiger partial charge in [0.25, 0.3) is 5.56 Å². The Morgan fingerprint density at radius 3 is 2.68 bits per heavy atom. The number of aromatic amines is 1. The van der Waals surface area contributed by atoms with Crippen molar-refractivity contribution in [2.75, 3.05) is 19.6 Å². The number of H-pyrrole nitrogens is 1. The van der Waals surface area contributed by atoms with Crippen molar-refractivity contribution in [2.24, 2.45) is 0 Å². The molecule has 2 heterocycles. The predicted molar refractivity (Wildman–Crippen MR) is 113 cm³/mol. The third kappa shape index (κ3) is 4.57. The van der Waals surface area contributed by atoms with Gasteiger partial charge in [0.2, 0.25) is 0 Å². The molecule has 0 atom stereocenters. The summed E-state index contributed by atoms with van der Waals surface area (Å²) in [5, 5.41) is 0.650. The summed E-state index contributed by atoms with van der Waals surface area (Å²) < 4.78 is 0. The van der Waals surface area contributed by atoms with Crippen LogP contribution < -0.4 is 5.56 Å². The van der Waals surface area contributed by atoms with E-state index in [1.807, 2.05) is 54.6 Å². The second-order valence-electron chi connectivity index (χ2n) is 7.03. The number of rotatable bonds is 4. The van der Waals surface area contributed by atoms with Gasteiger partial charge in [-0.3, -0.25) is 9.69 Å². The summed E-state index contributed by atoms with van der Waals surface area (Å²) in [5.74, 6) is 7.30. The fraction of sp³-hybridized carbons (Fsp3) is 0.250. The Morgan fingerprint density at radius 2 is 1.86 bits per heavy atom. The van der Waals surface area contributed by atoms with Gasteiger partial charge in [-0.05, 0) is 43.7 Å². The molecule has 0 radical (unpaired) electrons.